The molecule has 9 heterocycles. The van der Waals surface area contributed by atoms with Crippen molar-refractivity contribution >= 4 is 106 Å². The number of nitrogens with two attached hydrogens (primary N) is 3. The summed E-state index contributed by atoms with van der Waals surface area (Å²) < 4.78 is 62.4. The largest absolute Gasteiger partial charge is 0.480 e. The molecule has 3 atom stereocenters. The summed E-state index contributed by atoms with van der Waals surface area (Å²) in [7, 11) is 0. The Morgan fingerprint density at radius 2 is 0.951 bits per heavy atom. The molecule has 2 fully saturated rings. The van der Waals surface area contributed by atoms with Gasteiger partial charge in [-0.2, -0.15) is 15.3 Å². The SMILES string of the molecule is CC(C)(C)OC(=O)Cn1nc(C(N)=O)c2cc(C#Cc3cc(F)ccn3)ccc21.Fc1ccnc(Br)c1.NC(=O)c1nn(CC(=O)N2[C@@H]3C[C@@H]3C[C@H]2C(=O)Cc2cccc(Br)n2)c2ccc(C#Cc3cc(F)ccn3)cc12.NC(=O)c1nn(CC(=O)O)c2ccc(C#Cc3cc(F)ccn3)cc12. The number of carboxylic acid groups (broad SMARTS) is 1. The van der Waals surface area contributed by atoms with Crippen molar-refractivity contribution in [1.82, 2.24) is 59.2 Å². The third-order valence-electron chi connectivity index (χ3n) is 15.0. The number of carboxylic acids is 1. The van der Waals surface area contributed by atoms with E-state index in [1.165, 1.54) is 87.4 Å². The fourth-order valence-electron chi connectivity index (χ4n) is 10.7. The number of aliphatic carboxylic acids is 1. The van der Waals surface area contributed by atoms with E-state index in [9.17, 15) is 51.1 Å². The van der Waals surface area contributed by atoms with Crippen LogP contribution < -0.4 is 17.2 Å². The number of benzene rings is 3. The maximum atomic E-state index is 13.6. The summed E-state index contributed by atoms with van der Waals surface area (Å²) in [6.45, 7) is 4.57. The number of carbonyl (C=O) groups excluding carboxylic acids is 6. The molecule has 4 amide bonds. The molecule has 1 saturated heterocycles. The van der Waals surface area contributed by atoms with Gasteiger partial charge >= 0.3 is 11.9 Å². The summed E-state index contributed by atoms with van der Waals surface area (Å²) in [5, 5.41) is 22.7. The topological polar surface area (TPSA) is 348 Å². The van der Waals surface area contributed by atoms with E-state index in [-0.39, 0.29) is 77.2 Å². The van der Waals surface area contributed by atoms with Gasteiger partial charge < -0.3 is 31.9 Å². The van der Waals surface area contributed by atoms with Crippen molar-refractivity contribution in [3.63, 3.8) is 0 Å². The minimum absolute atomic E-state index is 0.00871. The first-order chi connectivity index (χ1) is 48.6. The van der Waals surface area contributed by atoms with Crippen LogP contribution in [0, 0.1) is 64.7 Å². The van der Waals surface area contributed by atoms with Gasteiger partial charge in [-0.05, 0) is 180 Å². The average Bonchev–Trinajstić information content (AvgIpc) is 1.58. The van der Waals surface area contributed by atoms with Crippen molar-refractivity contribution in [1.29, 1.82) is 0 Å². The molecule has 0 spiro atoms. The van der Waals surface area contributed by atoms with Crippen molar-refractivity contribution in [2.45, 2.75) is 77.4 Å². The van der Waals surface area contributed by atoms with E-state index in [2.05, 4.69) is 108 Å². The first-order valence-corrected chi connectivity index (χ1v) is 32.2. The van der Waals surface area contributed by atoms with Crippen molar-refractivity contribution in [2.24, 2.45) is 23.1 Å². The number of ether oxygens (including phenoxy) is 1. The van der Waals surface area contributed by atoms with Crippen LogP contribution >= 0.6 is 31.9 Å². The Balaban J connectivity index is 0.000000160. The van der Waals surface area contributed by atoms with Crippen LogP contribution in [0.4, 0.5) is 17.6 Å². The fraction of sp³-hybridized carbons (Fsp3) is 0.181. The summed E-state index contributed by atoms with van der Waals surface area (Å²) >= 11 is 6.34. The molecule has 13 rings (SSSR count). The van der Waals surface area contributed by atoms with Gasteiger partial charge in [0, 0.05) is 93.6 Å². The van der Waals surface area contributed by atoms with Crippen molar-refractivity contribution in [3.05, 3.63) is 235 Å². The maximum absolute atomic E-state index is 13.6. The quantitative estimate of drug-likeness (QED) is 0.0385. The van der Waals surface area contributed by atoms with Gasteiger partial charge in [0.1, 0.15) is 74.8 Å². The number of carbonyl (C=O) groups is 7. The summed E-state index contributed by atoms with van der Waals surface area (Å²) in [4.78, 5) is 107. The number of nitrogens with zero attached hydrogens (tertiary/aromatic N) is 12. The van der Waals surface area contributed by atoms with Crippen LogP contribution in [0.15, 0.2) is 155 Å². The van der Waals surface area contributed by atoms with Gasteiger partial charge in [-0.3, -0.25) is 47.6 Å². The smallest absolute Gasteiger partial charge is 0.328 e. The highest BCUT2D eigenvalue weighted by Gasteiger charge is 2.55. The second kappa shape index (κ2) is 31.7. The number of Topliss-reactive ketones (excluding diaryl/α,β-unsaturated/α-hetero) is 1. The number of pyridine rings is 5. The second-order valence-electron chi connectivity index (χ2n) is 23.6. The summed E-state index contributed by atoms with van der Waals surface area (Å²) in [5.41, 5.74) is 20.3. The number of ketones is 1. The van der Waals surface area contributed by atoms with Crippen LogP contribution in [0.1, 0.15) is 105 Å². The van der Waals surface area contributed by atoms with Crippen LogP contribution in [0.3, 0.4) is 0 Å². The number of primary amides is 3. The predicted octanol–water partition coefficient (Wildman–Crippen LogP) is 8.58. The lowest BCUT2D eigenvalue weighted by Gasteiger charge is -2.26. The number of esters is 1. The van der Waals surface area contributed by atoms with Gasteiger partial charge in [-0.1, -0.05) is 23.8 Å². The van der Waals surface area contributed by atoms with Gasteiger partial charge in [0.25, 0.3) is 17.7 Å². The van der Waals surface area contributed by atoms with Gasteiger partial charge in [-0.15, -0.1) is 0 Å². The van der Waals surface area contributed by atoms with Crippen LogP contribution in [-0.2, 0) is 50.0 Å². The van der Waals surface area contributed by atoms with E-state index in [1.807, 2.05) is 6.07 Å². The molecule has 102 heavy (non-hydrogen) atoms. The monoisotopic (exact) mass is 1510 g/mol. The molecule has 1 saturated carbocycles. The minimum atomic E-state index is -1.10. The van der Waals surface area contributed by atoms with E-state index < -0.39 is 65.3 Å². The summed E-state index contributed by atoms with van der Waals surface area (Å²) in [6.07, 6.45) is 7.02. The van der Waals surface area contributed by atoms with Crippen molar-refractivity contribution in [3.8, 4) is 35.5 Å². The molecule has 0 unspecified atom stereocenters. The lowest BCUT2D eigenvalue weighted by atomic mass is 10.0. The normalized spacial score (nSPS) is 13.9. The number of hydrogen-bond acceptors (Lipinski definition) is 16. The second-order valence-corrected chi connectivity index (χ2v) is 25.2. The zero-order chi connectivity index (χ0) is 73.1. The number of fused-ring (bicyclic) bond motifs is 4. The minimum Gasteiger partial charge on any atom is -0.480 e. The van der Waals surface area contributed by atoms with E-state index in [0.717, 1.165) is 6.42 Å². The van der Waals surface area contributed by atoms with Crippen LogP contribution in [0.25, 0.3) is 32.7 Å². The average molecular weight is 1510 g/mol. The first kappa shape index (κ1) is 72.4. The zero-order valence-electron chi connectivity index (χ0n) is 53.9. The number of likely N-dealkylation sites (tertiary alicyclic amines) is 1. The number of amides is 4. The van der Waals surface area contributed by atoms with Gasteiger partial charge in [0.2, 0.25) is 5.91 Å². The highest BCUT2D eigenvalue weighted by molar-refractivity contribution is 9.10. The molecule has 0 radical (unpaired) electrons. The standard InChI is InChI=1S/C29H22BrFN6O3.C21H19FN4O3.C17H11FN4O3.C5H3BrFN/c30-26-3-1-2-20(34-26)14-25(38)24-12-17-11-23(17)37(24)27(39)15-36-22-7-5-16(10-21(22)28(35-36)29(32)40)4-6-19-13-18(31)8-9-33-19;1-21(2,3)29-18(27)12-26-17-7-5-13(10-16(17)19(25-26)20(23)28)4-6-15-11-14(22)8-9-24-15;18-11-5-6-20-12(8-11)3-1-10-2-4-14-13(7-10)16(17(19)25)21-22(14)9-15(23)24;6-5-3-4(7)1-2-8-5/h1-3,5,7-10,13,17,23-24H,11-12,14-15H2,(H2,32,40);5,7-11H,12H2,1-3H3,(H2,23,28);2,4-8H,9H2,(H2,19,25)(H,23,24);1-3H/t17-,23-,24+;;;/m1.../s1. The molecule has 0 bridgehead atoms. The Labute approximate surface area is 594 Å². The number of aromatic nitrogens is 11. The number of hydrogen-bond donors (Lipinski definition) is 4. The highest BCUT2D eigenvalue weighted by atomic mass is 79.9. The first-order valence-electron chi connectivity index (χ1n) is 30.6. The third-order valence-corrected chi connectivity index (χ3v) is 15.8. The number of halogens is 6. The molecule has 514 valence electrons. The van der Waals surface area contributed by atoms with Crippen LogP contribution in [0.5, 0.6) is 0 Å². The number of rotatable bonds is 12. The Morgan fingerprint density at radius 3 is 1.33 bits per heavy atom. The van der Waals surface area contributed by atoms with Crippen molar-refractivity contribution in [2.75, 3.05) is 0 Å². The molecule has 24 nitrogen and oxygen atoms in total. The van der Waals surface area contributed by atoms with E-state index in [0.29, 0.717) is 76.6 Å². The Hall–Kier alpha value is -12.3. The van der Waals surface area contributed by atoms with E-state index in [4.69, 9.17) is 27.0 Å². The molecule has 30 heteroatoms. The molecule has 2 aliphatic rings. The molecule has 1 aliphatic heterocycles. The van der Waals surface area contributed by atoms with E-state index in [1.54, 1.807) is 92.4 Å². The lowest BCUT2D eigenvalue weighted by molar-refractivity contribution is -0.155. The predicted molar refractivity (Wildman–Crippen MR) is 368 cm³/mol. The molecule has 1 aliphatic carbocycles. The van der Waals surface area contributed by atoms with Crippen molar-refractivity contribution < 1.29 is 61.0 Å². The van der Waals surface area contributed by atoms with Crippen LogP contribution in [0.2, 0.25) is 0 Å². The third kappa shape index (κ3) is 18.9. The fourth-order valence-corrected chi connectivity index (χ4v) is 11.4. The molecule has 8 aromatic heterocycles. The van der Waals surface area contributed by atoms with Gasteiger partial charge in [0.05, 0.1) is 29.0 Å². The molecule has 3 aromatic carbocycles. The zero-order valence-corrected chi connectivity index (χ0v) is 57.1. The maximum Gasteiger partial charge on any atom is 0.328 e. The molecular weight excluding hydrogens is 1450 g/mol. The molecular formula is C72H55Br2F4N15O9. The molecule has 7 N–H and O–H groups in total. The van der Waals surface area contributed by atoms with Gasteiger partial charge in [0.15, 0.2) is 22.9 Å². The summed E-state index contributed by atoms with van der Waals surface area (Å²) in [5.74, 6) is 11.5. The Morgan fingerprint density at radius 1 is 0.529 bits per heavy atom. The summed E-state index contributed by atoms with van der Waals surface area (Å²) in [6, 6.07) is 29.8. The Kier molecular flexibility index (Phi) is 22.5. The Bertz CT molecular complexity index is 5360. The van der Waals surface area contributed by atoms with E-state index >= 15 is 0 Å². The van der Waals surface area contributed by atoms with Crippen LogP contribution in [-0.4, -0.2) is 123 Å². The highest BCUT2D eigenvalue weighted by Crippen LogP contribution is 2.48. The lowest BCUT2D eigenvalue weighted by Crippen LogP contribution is -2.45. The van der Waals surface area contributed by atoms with Gasteiger partial charge in [-0.25, -0.2) is 42.5 Å². The number of piperidine rings is 1. The molecule has 11 aromatic rings.